The van der Waals surface area contributed by atoms with Gasteiger partial charge in [0.15, 0.2) is 0 Å². The van der Waals surface area contributed by atoms with Crippen LogP contribution in [0.15, 0.2) is 72.8 Å². The van der Waals surface area contributed by atoms with Gasteiger partial charge in [0.25, 0.3) is 5.91 Å². The number of unbranched alkanes of at least 4 members (excludes halogenated alkanes) is 4. The Bertz CT molecular complexity index is 1270. The van der Waals surface area contributed by atoms with Gasteiger partial charge in [-0.3, -0.25) is 9.59 Å². The summed E-state index contributed by atoms with van der Waals surface area (Å²) in [6, 6.07) is 23.6. The molecule has 1 aliphatic heterocycles. The lowest BCUT2D eigenvalue weighted by atomic mass is 10.1. The van der Waals surface area contributed by atoms with Crippen molar-refractivity contribution in [1.29, 1.82) is 0 Å². The topological polar surface area (TPSA) is 73.9 Å². The minimum atomic E-state index is -0.154. The number of amides is 2. The number of hydrogen-bond acceptors (Lipinski definition) is 5. The second kappa shape index (κ2) is 15.1. The van der Waals surface area contributed by atoms with Crippen molar-refractivity contribution >= 4 is 28.9 Å². The van der Waals surface area contributed by atoms with Gasteiger partial charge in [-0.25, -0.2) is 0 Å². The van der Waals surface area contributed by atoms with Gasteiger partial charge in [0.05, 0.1) is 24.4 Å². The van der Waals surface area contributed by atoms with Gasteiger partial charge >= 0.3 is 0 Å². The molecule has 0 aromatic heterocycles. The Kier molecular flexibility index (Phi) is 11.1. The average Bonchev–Trinajstić information content (AvgIpc) is 3.01. The molecule has 0 saturated carbocycles. The number of methoxy groups -OCH3 is 1. The van der Waals surface area contributed by atoms with Crippen molar-refractivity contribution in [2.45, 2.75) is 58.4 Å². The Hall–Kier alpha value is -4.00. The summed E-state index contributed by atoms with van der Waals surface area (Å²) in [5, 5.41) is 6.20. The van der Waals surface area contributed by atoms with Gasteiger partial charge < -0.3 is 25.2 Å². The van der Waals surface area contributed by atoms with E-state index in [1.807, 2.05) is 73.7 Å². The Labute approximate surface area is 244 Å². The first kappa shape index (κ1) is 30.0. The van der Waals surface area contributed by atoms with Crippen LogP contribution < -0.4 is 25.2 Å². The molecule has 1 unspecified atom stereocenters. The molecule has 1 fully saturated rings. The largest absolute Gasteiger partial charge is 0.495 e. The normalized spacial score (nSPS) is 13.9. The maximum Gasteiger partial charge on any atom is 0.253 e. The van der Waals surface area contributed by atoms with Crippen molar-refractivity contribution < 1.29 is 14.3 Å². The van der Waals surface area contributed by atoms with Crippen LogP contribution in [0.4, 0.5) is 17.1 Å². The van der Waals surface area contributed by atoms with Gasteiger partial charge in [-0.05, 0) is 49.2 Å². The van der Waals surface area contributed by atoms with E-state index in [-0.39, 0.29) is 17.9 Å². The summed E-state index contributed by atoms with van der Waals surface area (Å²) in [4.78, 5) is 30.9. The SMILES string of the molecule is CCCCCCCC(=O)Nc1ccc(N2CCN(c3ccccc3OC)CC2)c(C(=O)NC(C)c2ccccc2)c1. The molecule has 1 heterocycles. The molecule has 3 aromatic rings. The van der Waals surface area contributed by atoms with Crippen LogP contribution in [-0.2, 0) is 4.79 Å². The fourth-order valence-corrected chi connectivity index (χ4v) is 5.36. The van der Waals surface area contributed by atoms with Crippen LogP contribution in [0.5, 0.6) is 5.75 Å². The van der Waals surface area contributed by atoms with Crippen LogP contribution >= 0.6 is 0 Å². The number of anilines is 3. The Morgan fingerprint density at radius 2 is 1.49 bits per heavy atom. The van der Waals surface area contributed by atoms with E-state index >= 15 is 0 Å². The molecule has 0 spiro atoms. The number of piperazine rings is 1. The number of carbonyl (C=O) groups excluding carboxylic acids is 2. The maximum absolute atomic E-state index is 13.7. The molecule has 1 aliphatic rings. The second-order valence-corrected chi connectivity index (χ2v) is 10.7. The van der Waals surface area contributed by atoms with Gasteiger partial charge in [-0.1, -0.05) is 75.1 Å². The lowest BCUT2D eigenvalue weighted by Gasteiger charge is -2.38. The van der Waals surface area contributed by atoms with Crippen molar-refractivity contribution in [3.05, 3.63) is 83.9 Å². The molecule has 0 bridgehead atoms. The van der Waals surface area contributed by atoms with Crippen molar-refractivity contribution in [1.82, 2.24) is 5.32 Å². The zero-order chi connectivity index (χ0) is 29.0. The summed E-state index contributed by atoms with van der Waals surface area (Å²) in [6.45, 7) is 7.30. The summed E-state index contributed by atoms with van der Waals surface area (Å²) in [6.07, 6.45) is 5.97. The predicted octanol–water partition coefficient (Wildman–Crippen LogP) is 6.81. The lowest BCUT2D eigenvalue weighted by molar-refractivity contribution is -0.116. The van der Waals surface area contributed by atoms with Crippen molar-refractivity contribution in [3.8, 4) is 5.75 Å². The van der Waals surface area contributed by atoms with Crippen molar-refractivity contribution in [2.75, 3.05) is 48.4 Å². The molecule has 0 aliphatic carbocycles. The molecule has 2 N–H and O–H groups in total. The molecule has 0 radical (unpaired) electrons. The molecule has 1 atom stereocenters. The molecular formula is C34H44N4O3. The highest BCUT2D eigenvalue weighted by atomic mass is 16.5. The monoisotopic (exact) mass is 556 g/mol. The summed E-state index contributed by atoms with van der Waals surface area (Å²) >= 11 is 0. The highest BCUT2D eigenvalue weighted by Gasteiger charge is 2.24. The third-order valence-electron chi connectivity index (χ3n) is 7.73. The highest BCUT2D eigenvalue weighted by molar-refractivity contribution is 6.02. The first-order valence-corrected chi connectivity index (χ1v) is 14.9. The minimum absolute atomic E-state index is 0.0105. The van der Waals surface area contributed by atoms with Gasteiger partial charge in [-0.2, -0.15) is 0 Å². The summed E-state index contributed by atoms with van der Waals surface area (Å²) in [7, 11) is 1.70. The number of benzene rings is 3. The smallest absolute Gasteiger partial charge is 0.253 e. The predicted molar refractivity (Wildman–Crippen MR) is 168 cm³/mol. The summed E-state index contributed by atoms with van der Waals surface area (Å²) in [5.41, 5.74) is 4.22. The van der Waals surface area contributed by atoms with Crippen LogP contribution in [0.1, 0.15) is 74.3 Å². The average molecular weight is 557 g/mol. The van der Waals surface area contributed by atoms with Crippen LogP contribution in [0, 0.1) is 0 Å². The molecule has 1 saturated heterocycles. The summed E-state index contributed by atoms with van der Waals surface area (Å²) in [5.74, 6) is 0.698. The van der Waals surface area contributed by atoms with Gasteiger partial charge in [0, 0.05) is 44.0 Å². The van der Waals surface area contributed by atoms with Crippen LogP contribution in [0.3, 0.4) is 0 Å². The lowest BCUT2D eigenvalue weighted by Crippen LogP contribution is -2.47. The molecule has 3 aromatic carbocycles. The number of nitrogens with one attached hydrogen (secondary N) is 2. The third kappa shape index (κ3) is 8.26. The number of carbonyl (C=O) groups is 2. The number of rotatable bonds is 13. The van der Waals surface area contributed by atoms with E-state index in [0.717, 1.165) is 68.1 Å². The minimum Gasteiger partial charge on any atom is -0.495 e. The Morgan fingerprint density at radius 1 is 0.829 bits per heavy atom. The van der Waals surface area contributed by atoms with E-state index in [1.165, 1.54) is 12.8 Å². The first-order chi connectivity index (χ1) is 20.0. The fourth-order valence-electron chi connectivity index (χ4n) is 5.36. The van der Waals surface area contributed by atoms with Crippen molar-refractivity contribution in [2.24, 2.45) is 0 Å². The van der Waals surface area contributed by atoms with Gasteiger partial charge in [-0.15, -0.1) is 0 Å². The number of ether oxygens (including phenoxy) is 1. The highest BCUT2D eigenvalue weighted by Crippen LogP contribution is 2.31. The molecule has 2 amide bonds. The van der Waals surface area contributed by atoms with Gasteiger partial charge in [0.2, 0.25) is 5.91 Å². The second-order valence-electron chi connectivity index (χ2n) is 10.7. The molecule has 218 valence electrons. The van der Waals surface area contributed by atoms with E-state index in [4.69, 9.17) is 4.74 Å². The van der Waals surface area contributed by atoms with Crippen LogP contribution in [-0.4, -0.2) is 45.1 Å². The quantitative estimate of drug-likeness (QED) is 0.226. The maximum atomic E-state index is 13.7. The van der Waals surface area contributed by atoms with Crippen LogP contribution in [0.2, 0.25) is 0 Å². The Balaban J connectivity index is 1.49. The van der Waals surface area contributed by atoms with E-state index < -0.39 is 0 Å². The van der Waals surface area contributed by atoms with Gasteiger partial charge in [0.1, 0.15) is 5.75 Å². The van der Waals surface area contributed by atoms with E-state index in [9.17, 15) is 9.59 Å². The first-order valence-electron chi connectivity index (χ1n) is 14.9. The molecule has 7 heteroatoms. The van der Waals surface area contributed by atoms with E-state index in [1.54, 1.807) is 7.11 Å². The zero-order valence-corrected chi connectivity index (χ0v) is 24.7. The number of nitrogens with zero attached hydrogens (tertiary/aromatic N) is 2. The number of hydrogen-bond donors (Lipinski definition) is 2. The summed E-state index contributed by atoms with van der Waals surface area (Å²) < 4.78 is 5.58. The molecule has 7 nitrogen and oxygen atoms in total. The third-order valence-corrected chi connectivity index (χ3v) is 7.73. The zero-order valence-electron chi connectivity index (χ0n) is 24.7. The Morgan fingerprint density at radius 3 is 2.20 bits per heavy atom. The van der Waals surface area contributed by atoms with E-state index in [0.29, 0.717) is 17.7 Å². The molecular weight excluding hydrogens is 512 g/mol. The van der Waals surface area contributed by atoms with E-state index in [2.05, 4.69) is 33.4 Å². The van der Waals surface area contributed by atoms with Crippen molar-refractivity contribution in [3.63, 3.8) is 0 Å². The molecule has 4 rings (SSSR count). The standard InChI is InChI=1S/C34H44N4O3/c1-4-5-6-7-11-18-33(39)36-28-19-20-30(29(25-28)34(40)35-26(2)27-14-9-8-10-15-27)37-21-23-38(24-22-37)31-16-12-13-17-32(31)41-3/h8-10,12-17,19-20,25-26H,4-7,11,18,21-24H2,1-3H3,(H,35,40)(H,36,39). The fraction of sp³-hybridized carbons (Fsp3) is 0.412. The molecule has 41 heavy (non-hydrogen) atoms. The van der Waals surface area contributed by atoms with Crippen LogP contribution in [0.25, 0.3) is 0 Å². The number of para-hydroxylation sites is 2.